The fourth-order valence-corrected chi connectivity index (χ4v) is 1.75. The zero-order valence-electron chi connectivity index (χ0n) is 10.5. The number of nitrogens with one attached hydrogen (secondary N) is 2. The van der Waals surface area contributed by atoms with Crippen LogP contribution >= 0.6 is 12.4 Å². The Labute approximate surface area is 109 Å². The van der Waals surface area contributed by atoms with Gasteiger partial charge in [-0.15, -0.1) is 12.4 Å². The van der Waals surface area contributed by atoms with Gasteiger partial charge in [0.05, 0.1) is 6.54 Å². The van der Waals surface area contributed by atoms with Gasteiger partial charge in [0.2, 0.25) is 11.8 Å². The topological polar surface area (TPSA) is 61.4 Å². The molecule has 0 aromatic carbocycles. The highest BCUT2D eigenvalue weighted by molar-refractivity contribution is 5.85. The van der Waals surface area contributed by atoms with Crippen molar-refractivity contribution in [3.05, 3.63) is 0 Å². The van der Waals surface area contributed by atoms with Crippen LogP contribution < -0.4 is 10.6 Å². The summed E-state index contributed by atoms with van der Waals surface area (Å²) in [4.78, 5) is 24.3. The number of likely N-dealkylation sites (N-methyl/N-ethyl adjacent to an activating group) is 1. The molecule has 0 unspecified atom stereocenters. The molecule has 0 saturated carbocycles. The number of rotatable bonds is 4. The van der Waals surface area contributed by atoms with Gasteiger partial charge in [-0.05, 0) is 31.8 Å². The first-order valence-electron chi connectivity index (χ1n) is 5.77. The van der Waals surface area contributed by atoms with Crippen molar-refractivity contribution >= 4 is 24.2 Å². The van der Waals surface area contributed by atoms with Crippen LogP contribution in [0, 0.1) is 5.92 Å². The van der Waals surface area contributed by atoms with Crippen molar-refractivity contribution in [2.75, 3.05) is 33.7 Å². The molecule has 0 spiro atoms. The Bertz CT molecular complexity index is 253. The highest BCUT2D eigenvalue weighted by atomic mass is 35.5. The third-order valence-corrected chi connectivity index (χ3v) is 2.87. The first kappa shape index (κ1) is 16.2. The Morgan fingerprint density at radius 2 is 1.88 bits per heavy atom. The zero-order valence-corrected chi connectivity index (χ0v) is 11.3. The van der Waals surface area contributed by atoms with E-state index in [0.717, 1.165) is 25.9 Å². The smallest absolute Gasteiger partial charge is 0.241 e. The zero-order chi connectivity index (χ0) is 12.0. The summed E-state index contributed by atoms with van der Waals surface area (Å²) in [6.45, 7) is 2.10. The minimum absolute atomic E-state index is 0. The molecule has 1 aliphatic rings. The molecule has 0 bridgehead atoms. The Kier molecular flexibility index (Phi) is 7.91. The fourth-order valence-electron chi connectivity index (χ4n) is 1.75. The normalized spacial score (nSPS) is 15.9. The number of nitrogens with zero attached hydrogens (tertiary/aromatic N) is 1. The molecule has 1 heterocycles. The van der Waals surface area contributed by atoms with Gasteiger partial charge in [-0.25, -0.2) is 0 Å². The van der Waals surface area contributed by atoms with Gasteiger partial charge in [-0.3, -0.25) is 9.59 Å². The van der Waals surface area contributed by atoms with E-state index in [1.54, 1.807) is 14.1 Å². The van der Waals surface area contributed by atoms with Crippen LogP contribution in [0.2, 0.25) is 0 Å². The van der Waals surface area contributed by atoms with Gasteiger partial charge in [0.15, 0.2) is 0 Å². The van der Waals surface area contributed by atoms with Gasteiger partial charge >= 0.3 is 0 Å². The van der Waals surface area contributed by atoms with Crippen LogP contribution in [0.1, 0.15) is 19.3 Å². The van der Waals surface area contributed by atoms with E-state index in [9.17, 15) is 9.59 Å². The van der Waals surface area contributed by atoms with Gasteiger partial charge in [0, 0.05) is 20.5 Å². The van der Waals surface area contributed by atoms with E-state index < -0.39 is 0 Å². The van der Waals surface area contributed by atoms with E-state index in [2.05, 4.69) is 10.6 Å². The largest absolute Gasteiger partial charge is 0.347 e. The first-order valence-corrected chi connectivity index (χ1v) is 5.77. The minimum Gasteiger partial charge on any atom is -0.347 e. The standard InChI is InChI=1S/C11H21N3O2.ClH/c1-14(2)11(16)8-13-10(15)7-9-3-5-12-6-4-9;/h9,12H,3-8H2,1-2H3,(H,13,15);1H. The van der Waals surface area contributed by atoms with E-state index in [1.165, 1.54) is 4.90 Å². The highest BCUT2D eigenvalue weighted by Crippen LogP contribution is 2.15. The lowest BCUT2D eigenvalue weighted by molar-refractivity contribution is -0.131. The van der Waals surface area contributed by atoms with E-state index in [4.69, 9.17) is 0 Å². The van der Waals surface area contributed by atoms with Crippen LogP contribution in [0.3, 0.4) is 0 Å². The van der Waals surface area contributed by atoms with Crippen molar-refractivity contribution in [3.63, 3.8) is 0 Å². The molecule has 0 atom stereocenters. The molecule has 0 radical (unpaired) electrons. The van der Waals surface area contributed by atoms with E-state index >= 15 is 0 Å². The molecular weight excluding hydrogens is 242 g/mol. The van der Waals surface area contributed by atoms with E-state index in [0.29, 0.717) is 12.3 Å². The number of carbonyl (C=O) groups excluding carboxylic acids is 2. The second-order valence-electron chi connectivity index (χ2n) is 4.46. The van der Waals surface area contributed by atoms with Crippen LogP contribution in [-0.4, -0.2) is 50.4 Å². The summed E-state index contributed by atoms with van der Waals surface area (Å²) >= 11 is 0. The first-order chi connectivity index (χ1) is 7.59. The maximum Gasteiger partial charge on any atom is 0.241 e. The van der Waals surface area contributed by atoms with Crippen LogP contribution in [0.15, 0.2) is 0 Å². The van der Waals surface area contributed by atoms with Crippen molar-refractivity contribution in [2.24, 2.45) is 5.92 Å². The molecule has 5 nitrogen and oxygen atoms in total. The van der Waals surface area contributed by atoms with Crippen LogP contribution in [-0.2, 0) is 9.59 Å². The number of carbonyl (C=O) groups is 2. The van der Waals surface area contributed by atoms with Gasteiger partial charge < -0.3 is 15.5 Å². The third-order valence-electron chi connectivity index (χ3n) is 2.87. The van der Waals surface area contributed by atoms with Crippen molar-refractivity contribution < 1.29 is 9.59 Å². The summed E-state index contributed by atoms with van der Waals surface area (Å²) in [5.74, 6) is 0.386. The summed E-state index contributed by atoms with van der Waals surface area (Å²) in [5.41, 5.74) is 0. The molecule has 2 amide bonds. The Balaban J connectivity index is 0.00000256. The molecular formula is C11H22ClN3O2. The minimum atomic E-state index is -0.0707. The molecule has 0 aromatic heterocycles. The molecule has 0 aromatic rings. The second-order valence-corrected chi connectivity index (χ2v) is 4.46. The third kappa shape index (κ3) is 6.48. The lowest BCUT2D eigenvalue weighted by Gasteiger charge is -2.22. The predicted octanol–water partition coefficient (Wildman–Crippen LogP) is 0.00230. The maximum atomic E-state index is 11.5. The van der Waals surface area contributed by atoms with Crippen LogP contribution in [0.25, 0.3) is 0 Å². The Hall–Kier alpha value is -0.810. The molecule has 1 rings (SSSR count). The average molecular weight is 264 g/mol. The van der Waals surface area contributed by atoms with E-state index in [-0.39, 0.29) is 30.8 Å². The summed E-state index contributed by atoms with van der Waals surface area (Å²) in [6, 6.07) is 0. The van der Waals surface area contributed by atoms with Crippen LogP contribution in [0.4, 0.5) is 0 Å². The Morgan fingerprint density at radius 3 is 2.41 bits per heavy atom. The summed E-state index contributed by atoms with van der Waals surface area (Å²) in [6.07, 6.45) is 2.65. The molecule has 1 aliphatic heterocycles. The molecule has 6 heteroatoms. The number of halogens is 1. The van der Waals surface area contributed by atoms with Gasteiger partial charge in [-0.2, -0.15) is 0 Å². The lowest BCUT2D eigenvalue weighted by atomic mass is 9.94. The fraction of sp³-hybridized carbons (Fsp3) is 0.818. The number of hydrogen-bond acceptors (Lipinski definition) is 3. The SMILES string of the molecule is CN(C)C(=O)CNC(=O)CC1CCNCC1.Cl. The van der Waals surface area contributed by atoms with Crippen molar-refractivity contribution in [1.82, 2.24) is 15.5 Å². The van der Waals surface area contributed by atoms with Gasteiger partial charge in [0.25, 0.3) is 0 Å². The van der Waals surface area contributed by atoms with Crippen molar-refractivity contribution in [2.45, 2.75) is 19.3 Å². The van der Waals surface area contributed by atoms with Gasteiger partial charge in [0.1, 0.15) is 0 Å². The molecule has 17 heavy (non-hydrogen) atoms. The average Bonchev–Trinajstić information content (AvgIpc) is 2.27. The second kappa shape index (κ2) is 8.31. The molecule has 0 aliphatic carbocycles. The predicted molar refractivity (Wildman–Crippen MR) is 69.2 cm³/mol. The summed E-state index contributed by atoms with van der Waals surface area (Å²) < 4.78 is 0. The van der Waals surface area contributed by atoms with Crippen molar-refractivity contribution in [1.29, 1.82) is 0 Å². The number of amides is 2. The summed E-state index contributed by atoms with van der Waals surface area (Å²) in [7, 11) is 3.36. The lowest BCUT2D eigenvalue weighted by Crippen LogP contribution is -2.38. The number of piperidine rings is 1. The quantitative estimate of drug-likeness (QED) is 0.751. The molecule has 100 valence electrons. The highest BCUT2D eigenvalue weighted by Gasteiger charge is 2.17. The van der Waals surface area contributed by atoms with Gasteiger partial charge in [-0.1, -0.05) is 0 Å². The van der Waals surface area contributed by atoms with Crippen LogP contribution in [0.5, 0.6) is 0 Å². The monoisotopic (exact) mass is 263 g/mol. The summed E-state index contributed by atoms with van der Waals surface area (Å²) in [5, 5.41) is 5.92. The number of hydrogen-bond donors (Lipinski definition) is 2. The molecule has 1 saturated heterocycles. The maximum absolute atomic E-state index is 11.5. The van der Waals surface area contributed by atoms with Crippen molar-refractivity contribution in [3.8, 4) is 0 Å². The Morgan fingerprint density at radius 1 is 1.29 bits per heavy atom. The van der Waals surface area contributed by atoms with E-state index in [1.807, 2.05) is 0 Å². The molecule has 1 fully saturated rings. The molecule has 2 N–H and O–H groups in total.